The second-order valence-electron chi connectivity index (χ2n) is 9.15. The second-order valence-corrected chi connectivity index (χ2v) is 9.15. The molecule has 1 fully saturated rings. The Balaban J connectivity index is 1.46. The Labute approximate surface area is 176 Å². The Kier molecular flexibility index (Phi) is 5.26. The molecule has 3 aromatic rings. The van der Waals surface area contributed by atoms with Crippen LogP contribution < -0.4 is 0 Å². The molecule has 4 heterocycles. The van der Waals surface area contributed by atoms with E-state index in [-0.39, 0.29) is 18.1 Å². The summed E-state index contributed by atoms with van der Waals surface area (Å²) in [4.78, 5) is 18.8. The molecule has 4 rings (SSSR count). The number of hydrogen-bond donors (Lipinski definition) is 0. The van der Waals surface area contributed by atoms with Crippen LogP contribution >= 0.6 is 0 Å². The van der Waals surface area contributed by atoms with Gasteiger partial charge in [-0.15, -0.1) is 0 Å². The van der Waals surface area contributed by atoms with Crippen LogP contribution in [0.1, 0.15) is 65.2 Å². The monoisotopic (exact) mass is 411 g/mol. The Morgan fingerprint density at radius 1 is 1.20 bits per heavy atom. The number of carbonyl (C=O) groups is 1. The molecular formula is C22H29N5O3. The third-order valence-electron chi connectivity index (χ3n) is 5.27. The Bertz CT molecular complexity index is 1040. The van der Waals surface area contributed by atoms with Gasteiger partial charge in [0.25, 0.3) is 0 Å². The Morgan fingerprint density at radius 3 is 2.60 bits per heavy atom. The van der Waals surface area contributed by atoms with Gasteiger partial charge >= 0.3 is 6.09 Å². The number of carbonyl (C=O) groups excluding carboxylic acids is 1. The number of rotatable bonds is 3. The first-order valence-corrected chi connectivity index (χ1v) is 10.5. The fourth-order valence-electron chi connectivity index (χ4n) is 3.72. The lowest BCUT2D eigenvalue weighted by Gasteiger charge is -2.32. The molecule has 0 radical (unpaired) electrons. The number of amides is 1. The maximum absolute atomic E-state index is 12.3. The standard InChI is InChI=1S/C22H29N5O3/c1-14(2)27-20-16(13-23-27)6-7-17(24-20)18-12-19(30-25-18)15-8-10-26(11-9-15)21(28)29-22(3,4)5/h6-7,12-15H,8-11H2,1-5H3. The van der Waals surface area contributed by atoms with Gasteiger partial charge in [0.1, 0.15) is 17.1 Å². The number of piperidine rings is 1. The van der Waals surface area contributed by atoms with Gasteiger partial charge in [-0.3, -0.25) is 0 Å². The predicted octanol–water partition coefficient (Wildman–Crippen LogP) is 4.78. The van der Waals surface area contributed by atoms with Crippen molar-refractivity contribution < 1.29 is 14.1 Å². The van der Waals surface area contributed by atoms with Crippen molar-refractivity contribution in [3.63, 3.8) is 0 Å². The molecule has 0 aliphatic carbocycles. The first-order valence-electron chi connectivity index (χ1n) is 10.5. The molecule has 0 N–H and O–H groups in total. The molecular weight excluding hydrogens is 382 g/mol. The highest BCUT2D eigenvalue weighted by molar-refractivity contribution is 5.77. The normalized spacial score (nSPS) is 15.9. The maximum Gasteiger partial charge on any atom is 0.410 e. The van der Waals surface area contributed by atoms with E-state index in [9.17, 15) is 4.79 Å². The van der Waals surface area contributed by atoms with Crippen molar-refractivity contribution in [2.45, 2.75) is 65.0 Å². The van der Waals surface area contributed by atoms with Crippen LogP contribution in [0.25, 0.3) is 22.4 Å². The summed E-state index contributed by atoms with van der Waals surface area (Å²) in [6.07, 6.45) is 3.22. The molecule has 8 nitrogen and oxygen atoms in total. The molecule has 30 heavy (non-hydrogen) atoms. The summed E-state index contributed by atoms with van der Waals surface area (Å²) in [5, 5.41) is 9.68. The molecule has 160 valence electrons. The number of fused-ring (bicyclic) bond motifs is 1. The van der Waals surface area contributed by atoms with Gasteiger partial charge in [0.05, 0.1) is 11.9 Å². The van der Waals surface area contributed by atoms with E-state index in [1.165, 1.54) is 0 Å². The quantitative estimate of drug-likeness (QED) is 0.616. The van der Waals surface area contributed by atoms with E-state index >= 15 is 0 Å². The molecule has 0 aromatic carbocycles. The highest BCUT2D eigenvalue weighted by Crippen LogP contribution is 2.31. The highest BCUT2D eigenvalue weighted by Gasteiger charge is 2.29. The summed E-state index contributed by atoms with van der Waals surface area (Å²) in [5.74, 6) is 1.07. The van der Waals surface area contributed by atoms with E-state index in [1.54, 1.807) is 4.90 Å². The zero-order valence-corrected chi connectivity index (χ0v) is 18.3. The topological polar surface area (TPSA) is 86.3 Å². The molecule has 1 saturated heterocycles. The summed E-state index contributed by atoms with van der Waals surface area (Å²) in [6.45, 7) is 11.1. The minimum atomic E-state index is -0.479. The number of aromatic nitrogens is 4. The summed E-state index contributed by atoms with van der Waals surface area (Å²) in [6, 6.07) is 6.16. The fourth-order valence-corrected chi connectivity index (χ4v) is 3.72. The molecule has 0 atom stereocenters. The van der Waals surface area contributed by atoms with Crippen molar-refractivity contribution in [1.29, 1.82) is 0 Å². The number of hydrogen-bond acceptors (Lipinski definition) is 6. The van der Waals surface area contributed by atoms with Crippen molar-refractivity contribution >= 4 is 17.1 Å². The smallest absolute Gasteiger partial charge is 0.410 e. The number of nitrogens with zero attached hydrogens (tertiary/aromatic N) is 5. The fraction of sp³-hybridized carbons (Fsp3) is 0.545. The number of pyridine rings is 1. The van der Waals surface area contributed by atoms with Gasteiger partial charge < -0.3 is 14.2 Å². The van der Waals surface area contributed by atoms with E-state index in [1.807, 2.05) is 49.8 Å². The van der Waals surface area contributed by atoms with Crippen LogP contribution in [0.5, 0.6) is 0 Å². The van der Waals surface area contributed by atoms with Crippen LogP contribution in [0.2, 0.25) is 0 Å². The molecule has 0 saturated carbocycles. The van der Waals surface area contributed by atoms with Crippen molar-refractivity contribution in [3.05, 3.63) is 30.2 Å². The van der Waals surface area contributed by atoms with E-state index in [0.29, 0.717) is 13.1 Å². The van der Waals surface area contributed by atoms with Crippen molar-refractivity contribution in [1.82, 2.24) is 24.8 Å². The van der Waals surface area contributed by atoms with Gasteiger partial charge in [-0.1, -0.05) is 5.16 Å². The summed E-state index contributed by atoms with van der Waals surface area (Å²) in [5.41, 5.74) is 1.86. The molecule has 0 bridgehead atoms. The summed E-state index contributed by atoms with van der Waals surface area (Å²) in [7, 11) is 0. The SMILES string of the molecule is CC(C)n1ncc2ccc(-c3cc(C4CCN(C(=O)OC(C)(C)C)CC4)on3)nc21. The average molecular weight is 412 g/mol. The van der Waals surface area contributed by atoms with Gasteiger partial charge in [-0.2, -0.15) is 5.10 Å². The largest absolute Gasteiger partial charge is 0.444 e. The minimum absolute atomic E-state index is 0.230. The number of likely N-dealkylation sites (tertiary alicyclic amines) is 1. The third kappa shape index (κ3) is 4.17. The Morgan fingerprint density at radius 2 is 1.93 bits per heavy atom. The molecule has 0 spiro atoms. The molecule has 3 aromatic heterocycles. The lowest BCUT2D eigenvalue weighted by atomic mass is 9.94. The predicted molar refractivity (Wildman–Crippen MR) is 113 cm³/mol. The zero-order chi connectivity index (χ0) is 21.5. The van der Waals surface area contributed by atoms with Gasteiger partial charge in [0.2, 0.25) is 0 Å². The highest BCUT2D eigenvalue weighted by atomic mass is 16.6. The first-order chi connectivity index (χ1) is 14.2. The molecule has 0 unspecified atom stereocenters. The van der Waals surface area contributed by atoms with Crippen LogP contribution in [0, 0.1) is 0 Å². The maximum atomic E-state index is 12.3. The lowest BCUT2D eigenvalue weighted by Crippen LogP contribution is -2.41. The van der Waals surface area contributed by atoms with E-state index in [0.717, 1.165) is 41.0 Å². The van der Waals surface area contributed by atoms with Crippen molar-refractivity contribution in [3.8, 4) is 11.4 Å². The van der Waals surface area contributed by atoms with Crippen LogP contribution in [0.15, 0.2) is 28.9 Å². The number of ether oxygens (including phenoxy) is 1. The minimum Gasteiger partial charge on any atom is -0.444 e. The summed E-state index contributed by atoms with van der Waals surface area (Å²) < 4.78 is 13.0. The third-order valence-corrected chi connectivity index (χ3v) is 5.27. The van der Waals surface area contributed by atoms with E-state index < -0.39 is 5.60 Å². The van der Waals surface area contributed by atoms with E-state index in [2.05, 4.69) is 24.1 Å². The van der Waals surface area contributed by atoms with Gasteiger partial charge in [-0.25, -0.2) is 14.5 Å². The average Bonchev–Trinajstić information content (AvgIpc) is 3.33. The molecule has 1 amide bonds. The second kappa shape index (κ2) is 7.74. The van der Waals surface area contributed by atoms with Gasteiger partial charge in [-0.05, 0) is 59.6 Å². The lowest BCUT2D eigenvalue weighted by molar-refractivity contribution is 0.0199. The molecule has 1 aliphatic rings. The van der Waals surface area contributed by atoms with E-state index in [4.69, 9.17) is 14.2 Å². The van der Waals surface area contributed by atoms with Crippen molar-refractivity contribution in [2.75, 3.05) is 13.1 Å². The summed E-state index contributed by atoms with van der Waals surface area (Å²) >= 11 is 0. The van der Waals surface area contributed by atoms with Gasteiger partial charge in [0, 0.05) is 36.5 Å². The van der Waals surface area contributed by atoms with Crippen LogP contribution in [-0.2, 0) is 4.74 Å². The Hall–Kier alpha value is -2.90. The van der Waals surface area contributed by atoms with Gasteiger partial charge in [0.15, 0.2) is 5.65 Å². The van der Waals surface area contributed by atoms with Crippen LogP contribution in [-0.4, -0.2) is 49.6 Å². The van der Waals surface area contributed by atoms with Crippen LogP contribution in [0.4, 0.5) is 4.79 Å². The zero-order valence-electron chi connectivity index (χ0n) is 18.3. The van der Waals surface area contributed by atoms with Crippen LogP contribution in [0.3, 0.4) is 0 Å². The van der Waals surface area contributed by atoms with Crippen molar-refractivity contribution in [2.24, 2.45) is 0 Å². The molecule has 8 heteroatoms. The first kappa shape index (κ1) is 20.4. The molecule has 1 aliphatic heterocycles.